The summed E-state index contributed by atoms with van der Waals surface area (Å²) >= 11 is 0. The van der Waals surface area contributed by atoms with Crippen LogP contribution in [0, 0.1) is 0 Å². The Kier molecular flexibility index (Phi) is 2.11. The Balaban J connectivity index is 2.01. The van der Waals surface area contributed by atoms with Crippen molar-refractivity contribution in [1.82, 2.24) is 19.9 Å². The van der Waals surface area contributed by atoms with Crippen LogP contribution in [0.4, 0.5) is 0 Å². The van der Waals surface area contributed by atoms with Gasteiger partial charge in [0.1, 0.15) is 5.52 Å². The van der Waals surface area contributed by atoms with Gasteiger partial charge in [-0.25, -0.2) is 4.98 Å². The van der Waals surface area contributed by atoms with Crippen molar-refractivity contribution in [2.24, 2.45) is 0 Å². The van der Waals surface area contributed by atoms with Crippen LogP contribution < -0.4 is 0 Å². The normalized spacial score (nSPS) is 10.8. The van der Waals surface area contributed by atoms with Gasteiger partial charge in [0.2, 0.25) is 0 Å². The maximum absolute atomic E-state index is 4.32. The number of rotatable bonds is 2. The minimum Gasteiger partial charge on any atom is -0.345 e. The van der Waals surface area contributed by atoms with E-state index in [1.807, 2.05) is 18.5 Å². The van der Waals surface area contributed by atoms with Crippen molar-refractivity contribution < 1.29 is 0 Å². The van der Waals surface area contributed by atoms with E-state index in [1.54, 1.807) is 18.6 Å². The molecule has 0 amide bonds. The third kappa shape index (κ3) is 1.54. The largest absolute Gasteiger partial charge is 0.345 e. The quantitative estimate of drug-likeness (QED) is 0.703. The van der Waals surface area contributed by atoms with Crippen LogP contribution in [0.1, 0.15) is 11.1 Å². The van der Waals surface area contributed by atoms with Crippen molar-refractivity contribution in [3.63, 3.8) is 0 Å². The highest BCUT2D eigenvalue weighted by molar-refractivity contribution is 5.74. The SMILES string of the molecule is c1cncc(Cc2c[nH]c3nccnc23)c1. The Morgan fingerprint density at radius 1 is 1.12 bits per heavy atom. The molecular formula is C12H10N4. The first-order valence-corrected chi connectivity index (χ1v) is 5.09. The van der Waals surface area contributed by atoms with Crippen LogP contribution in [-0.2, 0) is 6.42 Å². The van der Waals surface area contributed by atoms with Crippen LogP contribution in [-0.4, -0.2) is 19.9 Å². The molecule has 0 spiro atoms. The van der Waals surface area contributed by atoms with E-state index in [1.165, 1.54) is 5.56 Å². The van der Waals surface area contributed by atoms with Crippen LogP contribution in [0.25, 0.3) is 11.2 Å². The maximum Gasteiger partial charge on any atom is 0.156 e. The fraction of sp³-hybridized carbons (Fsp3) is 0.0833. The van der Waals surface area contributed by atoms with Gasteiger partial charge in [-0.05, 0) is 11.6 Å². The number of nitrogens with zero attached hydrogens (tertiary/aromatic N) is 3. The van der Waals surface area contributed by atoms with Crippen molar-refractivity contribution in [2.45, 2.75) is 6.42 Å². The van der Waals surface area contributed by atoms with E-state index < -0.39 is 0 Å². The molecule has 4 nitrogen and oxygen atoms in total. The molecule has 0 aliphatic rings. The Hall–Kier alpha value is -2.23. The van der Waals surface area contributed by atoms with E-state index in [9.17, 15) is 0 Å². The van der Waals surface area contributed by atoms with Gasteiger partial charge in [0.05, 0.1) is 0 Å². The molecule has 0 atom stereocenters. The molecule has 0 aromatic carbocycles. The van der Waals surface area contributed by atoms with E-state index in [-0.39, 0.29) is 0 Å². The molecule has 3 rings (SSSR count). The molecule has 3 heterocycles. The molecule has 1 N–H and O–H groups in total. The molecule has 78 valence electrons. The highest BCUT2D eigenvalue weighted by Gasteiger charge is 2.05. The summed E-state index contributed by atoms with van der Waals surface area (Å²) in [5.41, 5.74) is 4.10. The molecule has 0 unspecified atom stereocenters. The van der Waals surface area contributed by atoms with Crippen molar-refractivity contribution in [2.75, 3.05) is 0 Å². The smallest absolute Gasteiger partial charge is 0.156 e. The fourth-order valence-corrected chi connectivity index (χ4v) is 1.76. The summed E-state index contributed by atoms with van der Waals surface area (Å²) in [6, 6.07) is 4.00. The molecule has 3 aromatic rings. The van der Waals surface area contributed by atoms with E-state index in [0.29, 0.717) is 0 Å². The van der Waals surface area contributed by atoms with Gasteiger partial charge in [-0.3, -0.25) is 9.97 Å². The van der Waals surface area contributed by atoms with Gasteiger partial charge in [0.25, 0.3) is 0 Å². The van der Waals surface area contributed by atoms with Crippen LogP contribution in [0.5, 0.6) is 0 Å². The van der Waals surface area contributed by atoms with E-state index in [0.717, 1.165) is 23.1 Å². The lowest BCUT2D eigenvalue weighted by Gasteiger charge is -1.97. The summed E-state index contributed by atoms with van der Waals surface area (Å²) in [5.74, 6) is 0. The van der Waals surface area contributed by atoms with Gasteiger partial charge < -0.3 is 4.98 Å². The zero-order valence-corrected chi connectivity index (χ0v) is 8.59. The van der Waals surface area contributed by atoms with Gasteiger partial charge in [-0.2, -0.15) is 0 Å². The van der Waals surface area contributed by atoms with Crippen molar-refractivity contribution in [3.05, 3.63) is 54.2 Å². The second-order valence-electron chi connectivity index (χ2n) is 3.61. The van der Waals surface area contributed by atoms with Gasteiger partial charge in [-0.1, -0.05) is 6.07 Å². The molecule has 0 saturated carbocycles. The van der Waals surface area contributed by atoms with E-state index in [2.05, 4.69) is 26.0 Å². The maximum atomic E-state index is 4.32. The average molecular weight is 210 g/mol. The summed E-state index contributed by atoms with van der Waals surface area (Å²) in [4.78, 5) is 15.7. The zero-order valence-electron chi connectivity index (χ0n) is 8.59. The lowest BCUT2D eigenvalue weighted by Crippen LogP contribution is -1.88. The first kappa shape index (κ1) is 9.03. The van der Waals surface area contributed by atoms with E-state index in [4.69, 9.17) is 0 Å². The zero-order chi connectivity index (χ0) is 10.8. The minimum atomic E-state index is 0.826. The summed E-state index contributed by atoms with van der Waals surface area (Å²) in [6.07, 6.45) is 9.83. The second kappa shape index (κ2) is 3.73. The number of pyridine rings is 1. The summed E-state index contributed by atoms with van der Waals surface area (Å²) < 4.78 is 0. The Labute approximate surface area is 92.4 Å². The third-order valence-electron chi connectivity index (χ3n) is 2.50. The first-order valence-electron chi connectivity index (χ1n) is 5.09. The molecule has 0 aliphatic heterocycles. The number of H-pyrrole nitrogens is 1. The predicted octanol–water partition coefficient (Wildman–Crippen LogP) is 1.94. The Morgan fingerprint density at radius 3 is 2.94 bits per heavy atom. The number of nitrogens with one attached hydrogen (secondary N) is 1. The van der Waals surface area contributed by atoms with Crippen LogP contribution in [0.2, 0.25) is 0 Å². The van der Waals surface area contributed by atoms with Gasteiger partial charge in [-0.15, -0.1) is 0 Å². The van der Waals surface area contributed by atoms with Crippen LogP contribution in [0.15, 0.2) is 43.1 Å². The molecule has 0 fully saturated rings. The monoisotopic (exact) mass is 210 g/mol. The fourth-order valence-electron chi connectivity index (χ4n) is 1.76. The highest BCUT2D eigenvalue weighted by Crippen LogP contribution is 2.16. The number of hydrogen-bond acceptors (Lipinski definition) is 3. The number of hydrogen-bond donors (Lipinski definition) is 1. The van der Waals surface area contributed by atoms with Crippen LogP contribution >= 0.6 is 0 Å². The molecule has 3 aromatic heterocycles. The average Bonchev–Trinajstić information content (AvgIpc) is 2.74. The predicted molar refractivity (Wildman–Crippen MR) is 60.9 cm³/mol. The molecule has 0 radical (unpaired) electrons. The lowest BCUT2D eigenvalue weighted by molar-refractivity contribution is 1.15. The van der Waals surface area contributed by atoms with Gasteiger partial charge in [0.15, 0.2) is 5.65 Å². The minimum absolute atomic E-state index is 0.826. The van der Waals surface area contributed by atoms with Crippen LogP contribution in [0.3, 0.4) is 0 Å². The molecule has 4 heteroatoms. The summed E-state index contributed by atoms with van der Waals surface area (Å²) in [6.45, 7) is 0. The molecule has 0 saturated heterocycles. The Bertz CT molecular complexity index is 600. The first-order chi connectivity index (χ1) is 7.93. The van der Waals surface area contributed by atoms with Crippen molar-refractivity contribution in [1.29, 1.82) is 0 Å². The number of aromatic nitrogens is 4. The molecule has 0 bridgehead atoms. The van der Waals surface area contributed by atoms with Crippen molar-refractivity contribution >= 4 is 11.2 Å². The Morgan fingerprint density at radius 2 is 2.06 bits per heavy atom. The highest BCUT2D eigenvalue weighted by atomic mass is 14.9. The lowest BCUT2D eigenvalue weighted by atomic mass is 10.1. The van der Waals surface area contributed by atoms with Gasteiger partial charge >= 0.3 is 0 Å². The second-order valence-corrected chi connectivity index (χ2v) is 3.61. The number of fused-ring (bicyclic) bond motifs is 1. The van der Waals surface area contributed by atoms with Gasteiger partial charge in [0, 0.05) is 43.0 Å². The van der Waals surface area contributed by atoms with Crippen molar-refractivity contribution in [3.8, 4) is 0 Å². The third-order valence-corrected chi connectivity index (χ3v) is 2.50. The standard InChI is InChI=1S/C12H10N4/c1-2-9(7-13-3-1)6-10-8-16-12-11(10)14-4-5-15-12/h1-5,7-8H,6H2,(H,15,16). The van der Waals surface area contributed by atoms with E-state index >= 15 is 0 Å². The number of aromatic amines is 1. The molecular weight excluding hydrogens is 200 g/mol. The summed E-state index contributed by atoms with van der Waals surface area (Å²) in [5, 5.41) is 0. The molecule has 16 heavy (non-hydrogen) atoms. The summed E-state index contributed by atoms with van der Waals surface area (Å²) in [7, 11) is 0. The molecule has 0 aliphatic carbocycles. The topological polar surface area (TPSA) is 54.5 Å².